The minimum absolute atomic E-state index is 0.354. The minimum atomic E-state index is -3.43. The van der Waals surface area contributed by atoms with Gasteiger partial charge >= 0.3 is 0 Å². The van der Waals surface area contributed by atoms with Crippen LogP contribution in [0.1, 0.15) is 12.8 Å². The molecule has 2 aromatic heterocycles. The van der Waals surface area contributed by atoms with Crippen LogP contribution in [0.2, 0.25) is 0 Å². The monoisotopic (exact) mass is 379 g/mol. The zero-order valence-electron chi connectivity index (χ0n) is 14.9. The van der Waals surface area contributed by atoms with Crippen molar-refractivity contribution < 1.29 is 8.42 Å². The molecule has 0 aliphatic carbocycles. The molecule has 1 unspecified atom stereocenters. The van der Waals surface area contributed by atoms with Crippen LogP contribution in [0.15, 0.2) is 36.9 Å². The summed E-state index contributed by atoms with van der Waals surface area (Å²) in [6.45, 7) is 3.29. The van der Waals surface area contributed by atoms with Crippen LogP contribution in [-0.4, -0.2) is 71.7 Å². The maximum absolute atomic E-state index is 12.5. The van der Waals surface area contributed by atoms with Crippen LogP contribution in [0.5, 0.6) is 0 Å². The lowest BCUT2D eigenvalue weighted by Crippen LogP contribution is -2.58. The fraction of sp³-hybridized carbons (Fsp3) is 0.562. The number of nitrogens with one attached hydrogen (secondary N) is 1. The Bertz CT molecular complexity index is 767. The van der Waals surface area contributed by atoms with E-state index in [1.165, 1.54) is 7.05 Å². The van der Waals surface area contributed by atoms with Crippen molar-refractivity contribution in [2.24, 2.45) is 0 Å². The molecule has 1 N–H and O–H groups in total. The number of aryl methyl sites for hydroxylation is 1. The number of hydrogen-bond donors (Lipinski definition) is 1. The number of rotatable bonds is 8. The molecule has 0 saturated carbocycles. The summed E-state index contributed by atoms with van der Waals surface area (Å²) in [4.78, 5) is 12.5. The van der Waals surface area contributed by atoms with E-state index < -0.39 is 15.4 Å². The molecule has 142 valence electrons. The third-order valence-electron chi connectivity index (χ3n) is 4.56. The Balaban J connectivity index is 1.61. The fourth-order valence-electron chi connectivity index (χ4n) is 3.13. The molecule has 9 nitrogen and oxygen atoms in total. The molecule has 0 amide bonds. The zero-order valence-corrected chi connectivity index (χ0v) is 15.7. The Morgan fingerprint density at radius 2 is 1.88 bits per heavy atom. The first kappa shape index (κ1) is 18.7. The van der Waals surface area contributed by atoms with Gasteiger partial charge in [0.1, 0.15) is 5.37 Å². The van der Waals surface area contributed by atoms with Gasteiger partial charge in [-0.2, -0.15) is 5.10 Å². The summed E-state index contributed by atoms with van der Waals surface area (Å²) < 4.78 is 29.4. The molecular weight excluding hydrogens is 354 g/mol. The highest BCUT2D eigenvalue weighted by atomic mass is 32.2. The Morgan fingerprint density at radius 1 is 1.12 bits per heavy atom. The third kappa shape index (κ3) is 4.57. The second-order valence-electron chi connectivity index (χ2n) is 6.21. The molecule has 1 saturated heterocycles. The summed E-state index contributed by atoms with van der Waals surface area (Å²) in [6.07, 6.45) is 8.91. The largest absolute Gasteiger partial charge is 0.337 e. The van der Waals surface area contributed by atoms with Gasteiger partial charge in [0.2, 0.25) is 16.0 Å². The zero-order chi connectivity index (χ0) is 18.4. The lowest BCUT2D eigenvalue weighted by Gasteiger charge is -2.40. The van der Waals surface area contributed by atoms with Gasteiger partial charge in [-0.3, -0.25) is 9.58 Å². The van der Waals surface area contributed by atoms with E-state index in [1.54, 1.807) is 24.7 Å². The van der Waals surface area contributed by atoms with Crippen LogP contribution in [0, 0.1) is 0 Å². The fourth-order valence-corrected chi connectivity index (χ4v) is 4.38. The lowest BCUT2D eigenvalue weighted by atomic mass is 10.2. The first-order chi connectivity index (χ1) is 12.6. The summed E-state index contributed by atoms with van der Waals surface area (Å²) in [6, 6.07) is 3.65. The van der Waals surface area contributed by atoms with Gasteiger partial charge in [-0.15, -0.1) is 0 Å². The van der Waals surface area contributed by atoms with Crippen molar-refractivity contribution in [1.29, 1.82) is 0 Å². The van der Waals surface area contributed by atoms with E-state index >= 15 is 0 Å². The van der Waals surface area contributed by atoms with E-state index in [4.69, 9.17) is 0 Å². The van der Waals surface area contributed by atoms with E-state index in [2.05, 4.69) is 19.8 Å². The molecule has 3 rings (SSSR count). The van der Waals surface area contributed by atoms with Gasteiger partial charge in [0.25, 0.3) is 0 Å². The van der Waals surface area contributed by atoms with Crippen LogP contribution in [-0.2, 0) is 16.6 Å². The van der Waals surface area contributed by atoms with Crippen molar-refractivity contribution in [2.75, 3.05) is 38.1 Å². The van der Waals surface area contributed by atoms with Crippen molar-refractivity contribution in [2.45, 2.75) is 24.8 Å². The van der Waals surface area contributed by atoms with Crippen molar-refractivity contribution in [3.63, 3.8) is 0 Å². The molecular formula is C16H25N7O2S. The number of sulfonamides is 1. The SMILES string of the molecule is CNS(=O)(=O)C1CN(c2ncccn2)CCN1CCCCn1cccn1. The van der Waals surface area contributed by atoms with Crippen LogP contribution >= 0.6 is 0 Å². The third-order valence-corrected chi connectivity index (χ3v) is 6.29. The minimum Gasteiger partial charge on any atom is -0.337 e. The highest BCUT2D eigenvalue weighted by molar-refractivity contribution is 7.90. The molecule has 2 aromatic rings. The molecule has 1 atom stereocenters. The average Bonchev–Trinajstić information content (AvgIpc) is 3.19. The van der Waals surface area contributed by atoms with E-state index in [9.17, 15) is 8.42 Å². The van der Waals surface area contributed by atoms with Crippen molar-refractivity contribution in [3.05, 3.63) is 36.9 Å². The predicted octanol–water partition coefficient (Wildman–Crippen LogP) is 0.151. The Labute approximate surface area is 154 Å². The quantitative estimate of drug-likeness (QED) is 0.652. The lowest BCUT2D eigenvalue weighted by molar-refractivity contribution is 0.219. The van der Waals surface area contributed by atoms with Gasteiger partial charge in [-0.25, -0.2) is 23.1 Å². The molecule has 26 heavy (non-hydrogen) atoms. The summed E-state index contributed by atoms with van der Waals surface area (Å²) in [5.41, 5.74) is 0. The van der Waals surface area contributed by atoms with Gasteiger partial charge in [-0.1, -0.05) is 0 Å². The average molecular weight is 379 g/mol. The molecule has 3 heterocycles. The Morgan fingerprint density at radius 3 is 2.58 bits per heavy atom. The number of aromatic nitrogens is 4. The van der Waals surface area contributed by atoms with Gasteiger partial charge in [0, 0.05) is 44.4 Å². The van der Waals surface area contributed by atoms with Gasteiger partial charge < -0.3 is 4.90 Å². The van der Waals surface area contributed by atoms with E-state index in [-0.39, 0.29) is 0 Å². The maximum Gasteiger partial charge on any atom is 0.229 e. The van der Waals surface area contributed by atoms with E-state index in [0.717, 1.165) is 25.9 Å². The summed E-state index contributed by atoms with van der Waals surface area (Å²) in [5.74, 6) is 0.571. The van der Waals surface area contributed by atoms with Crippen molar-refractivity contribution in [1.82, 2.24) is 29.4 Å². The van der Waals surface area contributed by atoms with Crippen LogP contribution < -0.4 is 9.62 Å². The van der Waals surface area contributed by atoms with Crippen LogP contribution in [0.3, 0.4) is 0 Å². The first-order valence-corrected chi connectivity index (χ1v) is 10.3. The van der Waals surface area contributed by atoms with Gasteiger partial charge in [-0.05, 0) is 38.6 Å². The highest BCUT2D eigenvalue weighted by Gasteiger charge is 2.36. The van der Waals surface area contributed by atoms with E-state index in [1.807, 2.05) is 26.7 Å². The topological polar surface area (TPSA) is 96.2 Å². The number of hydrogen-bond acceptors (Lipinski definition) is 7. The molecule has 0 bridgehead atoms. The van der Waals surface area contributed by atoms with Crippen LogP contribution in [0.4, 0.5) is 5.95 Å². The summed E-state index contributed by atoms with van der Waals surface area (Å²) in [5, 5.41) is 3.57. The molecule has 1 aliphatic rings. The molecule has 0 aromatic carbocycles. The number of nitrogens with zero attached hydrogens (tertiary/aromatic N) is 6. The number of anilines is 1. The standard InChI is InChI=1S/C16H25N7O2S/c1-17-26(24,25)15-14-22(16-18-6-4-7-19-16)13-12-21(15)9-2-3-10-23-11-5-8-20-23/h4-8,11,15,17H,2-3,9-10,12-14H2,1H3. The normalized spacial score (nSPS) is 19.0. The molecule has 1 fully saturated rings. The Hall–Kier alpha value is -2.04. The molecule has 0 spiro atoms. The Kier molecular flexibility index (Phi) is 6.17. The van der Waals surface area contributed by atoms with Crippen molar-refractivity contribution >= 4 is 16.0 Å². The first-order valence-electron chi connectivity index (χ1n) is 8.76. The number of unbranched alkanes of at least 4 members (excludes halogenated alkanes) is 1. The molecule has 10 heteroatoms. The van der Waals surface area contributed by atoms with Gasteiger partial charge in [0.05, 0.1) is 6.54 Å². The van der Waals surface area contributed by atoms with Crippen LogP contribution in [0.25, 0.3) is 0 Å². The number of piperazine rings is 1. The second kappa shape index (κ2) is 8.56. The second-order valence-corrected chi connectivity index (χ2v) is 8.25. The highest BCUT2D eigenvalue weighted by Crippen LogP contribution is 2.18. The van der Waals surface area contributed by atoms with Crippen molar-refractivity contribution in [3.8, 4) is 0 Å². The summed E-state index contributed by atoms with van der Waals surface area (Å²) >= 11 is 0. The molecule has 0 radical (unpaired) electrons. The maximum atomic E-state index is 12.5. The summed E-state index contributed by atoms with van der Waals surface area (Å²) in [7, 11) is -1.97. The predicted molar refractivity (Wildman–Crippen MR) is 99.0 cm³/mol. The molecule has 1 aliphatic heterocycles. The van der Waals surface area contributed by atoms with E-state index in [0.29, 0.717) is 25.6 Å². The smallest absolute Gasteiger partial charge is 0.229 e. The van der Waals surface area contributed by atoms with Gasteiger partial charge in [0.15, 0.2) is 0 Å².